The molecular formula is C24H24ClN7O4. The molecule has 1 saturated heterocycles. The number of ether oxygens (including phenoxy) is 1. The molecule has 0 bridgehead atoms. The minimum Gasteiger partial charge on any atom is -0.465 e. The fraction of sp³-hybridized carbons (Fsp3) is 0.250. The number of benzene rings is 1. The van der Waals surface area contributed by atoms with E-state index in [1.165, 1.54) is 37.7 Å². The Labute approximate surface area is 212 Å². The summed E-state index contributed by atoms with van der Waals surface area (Å²) < 4.78 is 4.76. The highest BCUT2D eigenvalue weighted by atomic mass is 35.5. The molecule has 2 aromatic heterocycles. The molecule has 3 N–H and O–H groups in total. The lowest BCUT2D eigenvalue weighted by Crippen LogP contribution is -2.29. The minimum atomic E-state index is -0.618. The molecule has 2 amide bonds. The summed E-state index contributed by atoms with van der Waals surface area (Å²) in [4.78, 5) is 52.7. The summed E-state index contributed by atoms with van der Waals surface area (Å²) in [5.74, 6) is -0.810. The number of esters is 1. The Hall–Kier alpha value is -4.09. The summed E-state index contributed by atoms with van der Waals surface area (Å²) >= 11 is 5.84. The van der Waals surface area contributed by atoms with Crippen molar-refractivity contribution in [3.8, 4) is 0 Å². The SMILES string of the molecule is COC(=O)c1ccc(C(=O)Nc2ccc(Cl)cn2)c(NC(=O)c2cnc(N3CCCNCC3)cn2)c1. The van der Waals surface area contributed by atoms with Gasteiger partial charge in [0.25, 0.3) is 11.8 Å². The summed E-state index contributed by atoms with van der Waals surface area (Å²) in [5, 5.41) is 9.03. The number of aromatic nitrogens is 3. The van der Waals surface area contributed by atoms with Crippen molar-refractivity contribution >= 4 is 46.7 Å². The predicted octanol–water partition coefficient (Wildman–Crippen LogP) is 2.62. The Kier molecular flexibility index (Phi) is 8.03. The Morgan fingerprint density at radius 2 is 1.83 bits per heavy atom. The quantitative estimate of drug-likeness (QED) is 0.428. The molecule has 1 aromatic carbocycles. The van der Waals surface area contributed by atoms with Crippen LogP contribution in [0.3, 0.4) is 0 Å². The van der Waals surface area contributed by atoms with Crippen LogP contribution >= 0.6 is 11.6 Å². The molecule has 0 atom stereocenters. The molecule has 1 fully saturated rings. The van der Waals surface area contributed by atoms with E-state index in [2.05, 4.69) is 35.8 Å². The molecule has 0 unspecified atom stereocenters. The molecule has 3 heterocycles. The first-order valence-corrected chi connectivity index (χ1v) is 11.6. The van der Waals surface area contributed by atoms with Gasteiger partial charge in [0.2, 0.25) is 0 Å². The molecule has 36 heavy (non-hydrogen) atoms. The molecule has 1 aliphatic rings. The lowest BCUT2D eigenvalue weighted by Gasteiger charge is -2.20. The Bertz CT molecular complexity index is 1240. The second kappa shape index (κ2) is 11.6. The maximum Gasteiger partial charge on any atom is 0.337 e. The zero-order valence-electron chi connectivity index (χ0n) is 19.5. The second-order valence-corrected chi connectivity index (χ2v) is 8.31. The van der Waals surface area contributed by atoms with Crippen molar-refractivity contribution in [2.24, 2.45) is 0 Å². The van der Waals surface area contributed by atoms with E-state index in [9.17, 15) is 14.4 Å². The van der Waals surface area contributed by atoms with E-state index in [-0.39, 0.29) is 28.3 Å². The van der Waals surface area contributed by atoms with Gasteiger partial charge >= 0.3 is 5.97 Å². The third kappa shape index (κ3) is 6.12. The highest BCUT2D eigenvalue weighted by Crippen LogP contribution is 2.22. The highest BCUT2D eigenvalue weighted by molar-refractivity contribution is 6.30. The topological polar surface area (TPSA) is 138 Å². The number of methoxy groups -OCH3 is 1. The van der Waals surface area contributed by atoms with Crippen LogP contribution in [0.2, 0.25) is 5.02 Å². The van der Waals surface area contributed by atoms with E-state index in [0.717, 1.165) is 32.6 Å². The largest absolute Gasteiger partial charge is 0.465 e. The van der Waals surface area contributed by atoms with Crippen molar-refractivity contribution in [1.82, 2.24) is 20.3 Å². The standard InChI is InChI=1S/C24H24ClN7O4/c1-36-24(35)15-3-5-17(22(33)31-20-6-4-16(25)12-28-20)18(11-15)30-23(34)19-13-29-21(14-27-19)32-9-2-7-26-8-10-32/h3-6,11-14,26H,2,7-10H2,1H3,(H,30,34)(H,28,31,33). The predicted molar refractivity (Wildman–Crippen MR) is 135 cm³/mol. The summed E-state index contributed by atoms with van der Waals surface area (Å²) in [7, 11) is 1.24. The van der Waals surface area contributed by atoms with Crippen molar-refractivity contribution in [3.05, 3.63) is 70.8 Å². The van der Waals surface area contributed by atoms with Crippen LogP contribution in [0.25, 0.3) is 0 Å². The summed E-state index contributed by atoms with van der Waals surface area (Å²) in [6.45, 7) is 3.42. The first-order chi connectivity index (χ1) is 17.4. The number of amides is 2. The van der Waals surface area contributed by atoms with Crippen molar-refractivity contribution in [2.75, 3.05) is 48.8 Å². The molecule has 11 nitrogen and oxygen atoms in total. The average molecular weight is 510 g/mol. The number of hydrogen-bond acceptors (Lipinski definition) is 9. The average Bonchev–Trinajstić information content (AvgIpc) is 3.19. The molecule has 12 heteroatoms. The van der Waals surface area contributed by atoms with Crippen LogP contribution in [0.4, 0.5) is 17.3 Å². The molecule has 0 saturated carbocycles. The summed E-state index contributed by atoms with van der Waals surface area (Å²) in [5.41, 5.74) is 0.416. The van der Waals surface area contributed by atoms with Gasteiger partial charge in [0.15, 0.2) is 0 Å². The van der Waals surface area contributed by atoms with Gasteiger partial charge in [0.05, 0.1) is 41.3 Å². The first-order valence-electron chi connectivity index (χ1n) is 11.2. The van der Waals surface area contributed by atoms with Gasteiger partial charge in [-0.15, -0.1) is 0 Å². The first kappa shape index (κ1) is 25.0. The van der Waals surface area contributed by atoms with Crippen LogP contribution in [0, 0.1) is 0 Å². The van der Waals surface area contributed by atoms with Gasteiger partial charge in [0, 0.05) is 25.8 Å². The second-order valence-electron chi connectivity index (χ2n) is 7.87. The maximum absolute atomic E-state index is 13.0. The Morgan fingerprint density at radius 1 is 0.972 bits per heavy atom. The van der Waals surface area contributed by atoms with E-state index in [0.29, 0.717) is 10.8 Å². The van der Waals surface area contributed by atoms with Crippen LogP contribution in [0.15, 0.2) is 48.9 Å². The van der Waals surface area contributed by atoms with Crippen LogP contribution in [-0.4, -0.2) is 66.0 Å². The number of hydrogen-bond donors (Lipinski definition) is 3. The molecular weight excluding hydrogens is 486 g/mol. The number of carbonyl (C=O) groups is 3. The van der Waals surface area contributed by atoms with Gasteiger partial charge in [-0.1, -0.05) is 11.6 Å². The molecule has 1 aliphatic heterocycles. The fourth-order valence-electron chi connectivity index (χ4n) is 3.59. The van der Waals surface area contributed by atoms with Crippen LogP contribution in [-0.2, 0) is 4.74 Å². The van der Waals surface area contributed by atoms with Crippen molar-refractivity contribution in [1.29, 1.82) is 0 Å². The van der Waals surface area contributed by atoms with Crippen LogP contribution in [0.1, 0.15) is 37.6 Å². The van der Waals surface area contributed by atoms with Gasteiger partial charge < -0.3 is 25.6 Å². The van der Waals surface area contributed by atoms with E-state index >= 15 is 0 Å². The zero-order valence-corrected chi connectivity index (χ0v) is 20.2. The monoisotopic (exact) mass is 509 g/mol. The number of pyridine rings is 1. The third-order valence-electron chi connectivity index (χ3n) is 5.44. The van der Waals surface area contributed by atoms with E-state index in [1.807, 2.05) is 0 Å². The van der Waals surface area contributed by atoms with Gasteiger partial charge in [-0.2, -0.15) is 0 Å². The molecule has 4 rings (SSSR count). The number of nitrogens with zero attached hydrogens (tertiary/aromatic N) is 4. The third-order valence-corrected chi connectivity index (χ3v) is 5.66. The van der Waals surface area contributed by atoms with E-state index in [1.54, 1.807) is 18.3 Å². The number of nitrogens with one attached hydrogen (secondary N) is 3. The molecule has 0 spiro atoms. The number of anilines is 3. The minimum absolute atomic E-state index is 0.0564. The lowest BCUT2D eigenvalue weighted by molar-refractivity contribution is 0.0600. The molecule has 0 aliphatic carbocycles. The van der Waals surface area contributed by atoms with Crippen molar-refractivity contribution in [2.45, 2.75) is 6.42 Å². The van der Waals surface area contributed by atoms with Crippen molar-refractivity contribution in [3.63, 3.8) is 0 Å². The number of rotatable bonds is 6. The molecule has 3 aromatic rings. The van der Waals surface area contributed by atoms with Gasteiger partial charge in [-0.25, -0.2) is 19.7 Å². The zero-order chi connectivity index (χ0) is 25.5. The Balaban J connectivity index is 1.55. The van der Waals surface area contributed by atoms with Gasteiger partial charge in [-0.3, -0.25) is 9.59 Å². The fourth-order valence-corrected chi connectivity index (χ4v) is 3.70. The number of carbonyl (C=O) groups excluding carboxylic acids is 3. The lowest BCUT2D eigenvalue weighted by atomic mass is 10.1. The maximum atomic E-state index is 13.0. The molecule has 186 valence electrons. The number of halogens is 1. The van der Waals surface area contributed by atoms with E-state index < -0.39 is 17.8 Å². The van der Waals surface area contributed by atoms with Gasteiger partial charge in [-0.05, 0) is 43.3 Å². The summed E-state index contributed by atoms with van der Waals surface area (Å²) in [6, 6.07) is 7.32. The van der Waals surface area contributed by atoms with Gasteiger partial charge in [0.1, 0.15) is 17.3 Å². The van der Waals surface area contributed by atoms with Crippen LogP contribution < -0.4 is 20.9 Å². The van der Waals surface area contributed by atoms with Crippen LogP contribution in [0.5, 0.6) is 0 Å². The molecule has 0 radical (unpaired) electrons. The highest BCUT2D eigenvalue weighted by Gasteiger charge is 2.19. The van der Waals surface area contributed by atoms with Crippen molar-refractivity contribution < 1.29 is 19.1 Å². The Morgan fingerprint density at radius 3 is 2.56 bits per heavy atom. The van der Waals surface area contributed by atoms with E-state index in [4.69, 9.17) is 16.3 Å². The normalized spacial score (nSPS) is 13.4. The smallest absolute Gasteiger partial charge is 0.337 e. The summed E-state index contributed by atoms with van der Waals surface area (Å²) in [6.07, 6.45) is 5.30.